The molecule has 0 aromatic heterocycles. The lowest BCUT2D eigenvalue weighted by Gasteiger charge is -2.41. The van der Waals surface area contributed by atoms with Crippen LogP contribution in [0.5, 0.6) is 5.75 Å². The van der Waals surface area contributed by atoms with Crippen molar-refractivity contribution in [1.29, 1.82) is 0 Å². The minimum absolute atomic E-state index is 0.0447. The molecule has 1 unspecified atom stereocenters. The molecule has 0 saturated carbocycles. The second-order valence-electron chi connectivity index (χ2n) is 8.29. The topological polar surface area (TPSA) is 49.8 Å². The molecule has 4 nitrogen and oxygen atoms in total. The third-order valence-corrected chi connectivity index (χ3v) is 6.25. The molecule has 1 aliphatic heterocycles. The number of likely N-dealkylation sites (N-methyl/N-ethyl adjacent to an activating group) is 1. The van der Waals surface area contributed by atoms with Gasteiger partial charge < -0.3 is 14.7 Å². The molecule has 1 saturated heterocycles. The maximum Gasteiger partial charge on any atom is 0.416 e. The predicted octanol–water partition coefficient (Wildman–Crippen LogP) is 5.28. The van der Waals surface area contributed by atoms with Crippen LogP contribution in [0.3, 0.4) is 0 Å². The van der Waals surface area contributed by atoms with Gasteiger partial charge in [-0.05, 0) is 44.3 Å². The Balaban J connectivity index is 0.000000228. The molecule has 176 valence electrons. The van der Waals surface area contributed by atoms with Gasteiger partial charge in [0, 0.05) is 23.4 Å². The van der Waals surface area contributed by atoms with Crippen molar-refractivity contribution in [1.82, 2.24) is 4.90 Å². The first-order valence-electron chi connectivity index (χ1n) is 10.2. The fourth-order valence-corrected chi connectivity index (χ4v) is 4.83. The van der Waals surface area contributed by atoms with Gasteiger partial charge in [-0.3, -0.25) is 4.79 Å². The highest BCUT2D eigenvalue weighted by molar-refractivity contribution is 7.98. The van der Waals surface area contributed by atoms with Crippen LogP contribution in [0.4, 0.5) is 13.2 Å². The number of Topliss-reactive ketones (excluding diaryl/α,β-unsaturated/α-hetero) is 1. The molecule has 1 N–H and O–H groups in total. The summed E-state index contributed by atoms with van der Waals surface area (Å²) in [5, 5.41) is 9.83. The van der Waals surface area contributed by atoms with Gasteiger partial charge in [-0.2, -0.15) is 13.2 Å². The smallest absolute Gasteiger partial charge is 0.416 e. The summed E-state index contributed by atoms with van der Waals surface area (Å²) in [6.07, 6.45) is -2.18. The Morgan fingerprint density at radius 3 is 2.34 bits per heavy atom. The Labute approximate surface area is 191 Å². The highest BCUT2D eigenvalue weighted by atomic mass is 32.2. The number of ether oxygens (including phenoxy) is 1. The van der Waals surface area contributed by atoms with Gasteiger partial charge in [0.1, 0.15) is 5.75 Å². The second kappa shape index (κ2) is 10.7. The molecule has 1 aliphatic rings. The number of carbonyl (C=O) groups is 1. The molecule has 8 heteroatoms. The first kappa shape index (κ1) is 26.2. The van der Waals surface area contributed by atoms with Crippen LogP contribution in [0.15, 0.2) is 47.4 Å². The average Bonchev–Trinajstić information content (AvgIpc) is 2.72. The lowest BCUT2D eigenvalue weighted by atomic mass is 9.75. The normalized spacial score (nSPS) is 21.5. The number of likely N-dealkylation sites (tertiary alicyclic amines) is 1. The zero-order valence-electron chi connectivity index (χ0n) is 19.0. The molecule has 0 bridgehead atoms. The van der Waals surface area contributed by atoms with Crippen molar-refractivity contribution in [3.05, 3.63) is 59.2 Å². The Hall–Kier alpha value is -2.03. The zero-order chi connectivity index (χ0) is 24.1. The van der Waals surface area contributed by atoms with E-state index in [0.29, 0.717) is 0 Å². The summed E-state index contributed by atoms with van der Waals surface area (Å²) in [6.45, 7) is 5.35. The number of benzene rings is 2. The van der Waals surface area contributed by atoms with Crippen LogP contribution in [0, 0.1) is 0 Å². The van der Waals surface area contributed by atoms with Crippen LogP contribution >= 0.6 is 11.8 Å². The number of rotatable bonds is 4. The van der Waals surface area contributed by atoms with Crippen molar-refractivity contribution in [2.75, 3.05) is 33.5 Å². The minimum Gasteiger partial charge on any atom is -0.496 e. The molecule has 3 rings (SSSR count). The van der Waals surface area contributed by atoms with E-state index in [1.54, 1.807) is 6.26 Å². The molecular weight excluding hydrogens is 439 g/mol. The fraction of sp³-hybridized carbons (Fsp3) is 0.458. The number of ketones is 1. The number of alkyl halides is 3. The molecule has 1 fully saturated rings. The molecule has 2 aromatic rings. The number of hydrogen-bond acceptors (Lipinski definition) is 5. The summed E-state index contributed by atoms with van der Waals surface area (Å²) >= 11 is 1.08. The van der Waals surface area contributed by atoms with Gasteiger partial charge in [-0.15, -0.1) is 11.8 Å². The van der Waals surface area contributed by atoms with Crippen LogP contribution in [-0.4, -0.2) is 55.4 Å². The molecule has 2 atom stereocenters. The fourth-order valence-electron chi connectivity index (χ4n) is 4.14. The Morgan fingerprint density at radius 2 is 1.88 bits per heavy atom. The van der Waals surface area contributed by atoms with Crippen LogP contribution in [0.2, 0.25) is 0 Å². The third-order valence-electron chi connectivity index (χ3n) is 5.48. The van der Waals surface area contributed by atoms with E-state index in [-0.39, 0.29) is 33.5 Å². The summed E-state index contributed by atoms with van der Waals surface area (Å²) < 4.78 is 42.7. The standard InChI is InChI=1S/C13H19NO.C11H11F3O2S/c1-13(11-6-4-3-5-7-11)8-12(15)9-14(2)10-13;1-6(15)10-8(16-2)4-7(11(12,13)14)5-9(10)17-3/h3-7,12,15H,8-10H2,1-2H3;4-5H,1-3H3/t12?,13-;/m1./s1. The minimum atomic E-state index is -4.45. The van der Waals surface area contributed by atoms with Crippen LogP contribution < -0.4 is 4.74 Å². The van der Waals surface area contributed by atoms with Crippen LogP contribution in [0.1, 0.15) is 41.8 Å². The van der Waals surface area contributed by atoms with Gasteiger partial charge in [0.25, 0.3) is 0 Å². The second-order valence-corrected chi connectivity index (χ2v) is 9.14. The number of nitrogens with zero attached hydrogens (tertiary/aromatic N) is 1. The predicted molar refractivity (Wildman–Crippen MR) is 122 cm³/mol. The van der Waals surface area contributed by atoms with E-state index in [0.717, 1.165) is 43.4 Å². The molecule has 0 spiro atoms. The van der Waals surface area contributed by atoms with E-state index >= 15 is 0 Å². The number of aliphatic hydroxyl groups is 1. The van der Waals surface area contributed by atoms with E-state index in [2.05, 4.69) is 43.1 Å². The molecule has 32 heavy (non-hydrogen) atoms. The van der Waals surface area contributed by atoms with Crippen molar-refractivity contribution in [2.24, 2.45) is 0 Å². The first-order chi connectivity index (χ1) is 14.9. The van der Waals surface area contributed by atoms with Crippen LogP contribution in [0.25, 0.3) is 0 Å². The van der Waals surface area contributed by atoms with Gasteiger partial charge in [0.15, 0.2) is 5.78 Å². The summed E-state index contributed by atoms with van der Waals surface area (Å²) in [5.41, 5.74) is 0.792. The molecule has 2 aromatic carbocycles. The number of halogens is 3. The Kier molecular flexibility index (Phi) is 8.79. The quantitative estimate of drug-likeness (QED) is 0.488. The van der Waals surface area contributed by atoms with Crippen molar-refractivity contribution >= 4 is 17.5 Å². The first-order valence-corrected chi connectivity index (χ1v) is 11.4. The number of hydrogen-bond donors (Lipinski definition) is 1. The average molecular weight is 470 g/mol. The summed E-state index contributed by atoms with van der Waals surface area (Å²) in [6, 6.07) is 12.3. The van der Waals surface area contributed by atoms with Gasteiger partial charge in [0.2, 0.25) is 0 Å². The molecule has 0 amide bonds. The largest absolute Gasteiger partial charge is 0.496 e. The van der Waals surface area contributed by atoms with Gasteiger partial charge in [-0.1, -0.05) is 37.3 Å². The van der Waals surface area contributed by atoms with E-state index in [1.807, 2.05) is 6.07 Å². The SMILES string of the molecule is CN1CC(O)C[C@@](C)(c2ccccc2)C1.COc1cc(C(F)(F)F)cc(SC)c1C(C)=O. The van der Waals surface area contributed by atoms with Crippen LogP contribution in [-0.2, 0) is 11.6 Å². The summed E-state index contributed by atoms with van der Waals surface area (Å²) in [7, 11) is 3.32. The molecule has 1 heterocycles. The van der Waals surface area contributed by atoms with Crippen molar-refractivity contribution in [3.63, 3.8) is 0 Å². The maximum absolute atomic E-state index is 12.6. The van der Waals surface area contributed by atoms with Gasteiger partial charge in [-0.25, -0.2) is 0 Å². The highest BCUT2D eigenvalue weighted by Crippen LogP contribution is 2.38. The van der Waals surface area contributed by atoms with Crippen molar-refractivity contribution < 1.29 is 27.8 Å². The summed E-state index contributed by atoms with van der Waals surface area (Å²) in [4.78, 5) is 13.9. The zero-order valence-corrected chi connectivity index (χ0v) is 19.8. The lowest BCUT2D eigenvalue weighted by Crippen LogP contribution is -2.48. The molecular formula is C24H30F3NO3S. The van der Waals surface area contributed by atoms with Crippen molar-refractivity contribution in [2.45, 2.75) is 42.9 Å². The monoisotopic (exact) mass is 469 g/mol. The number of aliphatic hydroxyl groups excluding tert-OH is 1. The van der Waals surface area contributed by atoms with E-state index in [1.165, 1.54) is 19.6 Å². The number of piperidine rings is 1. The van der Waals surface area contributed by atoms with Gasteiger partial charge >= 0.3 is 6.18 Å². The Morgan fingerprint density at radius 1 is 1.25 bits per heavy atom. The summed E-state index contributed by atoms with van der Waals surface area (Å²) in [5.74, 6) is -0.364. The van der Waals surface area contributed by atoms with Crippen molar-refractivity contribution in [3.8, 4) is 5.75 Å². The Bertz CT molecular complexity index is 883. The third kappa shape index (κ3) is 6.49. The molecule has 0 aliphatic carbocycles. The van der Waals surface area contributed by atoms with E-state index in [9.17, 15) is 23.1 Å². The number of methoxy groups -OCH3 is 1. The highest BCUT2D eigenvalue weighted by Gasteiger charge is 2.35. The number of carbonyl (C=O) groups excluding carboxylic acids is 1. The van der Waals surface area contributed by atoms with E-state index in [4.69, 9.17) is 4.74 Å². The van der Waals surface area contributed by atoms with E-state index < -0.39 is 11.7 Å². The molecule has 0 radical (unpaired) electrons. The number of β-amino-alcohol motifs (C(OH)–C–C–N with tert-alkyl or cyclic N) is 1. The maximum atomic E-state index is 12.6. The number of thioether (sulfide) groups is 1. The lowest BCUT2D eigenvalue weighted by molar-refractivity contribution is -0.137. The van der Waals surface area contributed by atoms with Gasteiger partial charge in [0.05, 0.1) is 24.3 Å².